The first-order valence-corrected chi connectivity index (χ1v) is 7.94. The molecule has 0 fully saturated rings. The summed E-state index contributed by atoms with van der Waals surface area (Å²) in [5.41, 5.74) is 2.28. The molecule has 0 aromatic heterocycles. The minimum Gasteiger partial charge on any atom is -0.322 e. The van der Waals surface area contributed by atoms with Gasteiger partial charge in [0.1, 0.15) is 0 Å². The van der Waals surface area contributed by atoms with E-state index in [4.69, 9.17) is 0 Å². The van der Waals surface area contributed by atoms with Gasteiger partial charge in [0, 0.05) is 11.8 Å². The van der Waals surface area contributed by atoms with Gasteiger partial charge in [-0.2, -0.15) is 13.2 Å². The Morgan fingerprint density at radius 3 is 2.44 bits per heavy atom. The fourth-order valence-electron chi connectivity index (χ4n) is 2.50. The van der Waals surface area contributed by atoms with Crippen molar-refractivity contribution in [1.82, 2.24) is 0 Å². The molecular formula is C20H20F3NO. The lowest BCUT2D eigenvalue weighted by atomic mass is 9.98. The fourth-order valence-corrected chi connectivity index (χ4v) is 2.50. The zero-order valence-corrected chi connectivity index (χ0v) is 14.3. The van der Waals surface area contributed by atoms with Crippen molar-refractivity contribution in [3.63, 3.8) is 0 Å². The number of para-hydroxylation sites is 1. The predicted molar refractivity (Wildman–Crippen MR) is 94.4 cm³/mol. The third kappa shape index (κ3) is 4.95. The molecule has 0 saturated carbocycles. The average molecular weight is 347 g/mol. The predicted octanol–water partition coefficient (Wildman–Crippen LogP) is 5.79. The first-order valence-electron chi connectivity index (χ1n) is 7.94. The van der Waals surface area contributed by atoms with Gasteiger partial charge in [0.25, 0.3) is 0 Å². The summed E-state index contributed by atoms with van der Waals surface area (Å²) in [5, 5.41) is 2.83. The van der Waals surface area contributed by atoms with E-state index in [9.17, 15) is 18.0 Å². The Morgan fingerprint density at radius 2 is 1.80 bits per heavy atom. The van der Waals surface area contributed by atoms with Gasteiger partial charge in [0.2, 0.25) is 5.91 Å². The molecule has 1 N–H and O–H groups in total. The zero-order chi connectivity index (χ0) is 18.6. The van der Waals surface area contributed by atoms with Crippen LogP contribution >= 0.6 is 0 Å². The third-order valence-corrected chi connectivity index (χ3v) is 3.82. The van der Waals surface area contributed by atoms with Crippen LogP contribution in [0.2, 0.25) is 0 Å². The van der Waals surface area contributed by atoms with Crippen molar-refractivity contribution in [1.29, 1.82) is 0 Å². The van der Waals surface area contributed by atoms with Crippen molar-refractivity contribution >= 4 is 17.7 Å². The largest absolute Gasteiger partial charge is 0.416 e. The molecule has 0 saturated heterocycles. The summed E-state index contributed by atoms with van der Waals surface area (Å²) < 4.78 is 38.1. The fraction of sp³-hybridized carbons (Fsp3) is 0.250. The topological polar surface area (TPSA) is 29.1 Å². The van der Waals surface area contributed by atoms with E-state index in [2.05, 4.69) is 5.32 Å². The number of halogens is 3. The summed E-state index contributed by atoms with van der Waals surface area (Å²) in [6.07, 6.45) is -1.79. The van der Waals surface area contributed by atoms with E-state index in [1.165, 1.54) is 24.3 Å². The highest BCUT2D eigenvalue weighted by molar-refractivity contribution is 6.02. The molecule has 0 bridgehead atoms. The molecule has 0 radical (unpaired) electrons. The number of hydrogen-bond acceptors (Lipinski definition) is 1. The highest BCUT2D eigenvalue weighted by Gasteiger charge is 2.30. The van der Waals surface area contributed by atoms with Gasteiger partial charge in [-0.05, 0) is 47.7 Å². The molecule has 0 unspecified atom stereocenters. The van der Waals surface area contributed by atoms with Crippen LogP contribution in [0, 0.1) is 6.92 Å². The quantitative estimate of drug-likeness (QED) is 0.697. The highest BCUT2D eigenvalue weighted by atomic mass is 19.4. The van der Waals surface area contributed by atoms with Crippen LogP contribution in [-0.4, -0.2) is 5.91 Å². The molecule has 0 heterocycles. The second-order valence-electron chi connectivity index (χ2n) is 6.14. The molecule has 0 aliphatic carbocycles. The second-order valence-corrected chi connectivity index (χ2v) is 6.14. The van der Waals surface area contributed by atoms with Crippen molar-refractivity contribution in [2.75, 3.05) is 5.32 Å². The molecule has 2 rings (SSSR count). The standard InChI is InChI=1S/C20H20F3NO/c1-13(2)17-9-4-6-14(3)19(17)24-18(25)11-10-15-7-5-8-16(12-15)20(21,22)23/h4-13H,1-3H3,(H,24,25)/b11-10+. The molecule has 1 amide bonds. The normalized spacial score (nSPS) is 12.0. The maximum atomic E-state index is 12.7. The molecular weight excluding hydrogens is 327 g/mol. The Hall–Kier alpha value is -2.56. The van der Waals surface area contributed by atoms with E-state index in [0.717, 1.165) is 28.9 Å². The zero-order valence-electron chi connectivity index (χ0n) is 14.3. The van der Waals surface area contributed by atoms with E-state index < -0.39 is 11.7 Å². The number of carbonyl (C=O) groups is 1. The lowest BCUT2D eigenvalue weighted by Gasteiger charge is -2.15. The molecule has 132 valence electrons. The van der Waals surface area contributed by atoms with Crippen molar-refractivity contribution in [2.45, 2.75) is 32.9 Å². The van der Waals surface area contributed by atoms with Crippen molar-refractivity contribution in [3.8, 4) is 0 Å². The number of hydrogen-bond donors (Lipinski definition) is 1. The Balaban J connectivity index is 2.18. The Morgan fingerprint density at radius 1 is 1.12 bits per heavy atom. The summed E-state index contributed by atoms with van der Waals surface area (Å²) in [5.74, 6) is -0.142. The number of anilines is 1. The maximum absolute atomic E-state index is 12.7. The van der Waals surface area contributed by atoms with Crippen molar-refractivity contribution < 1.29 is 18.0 Å². The maximum Gasteiger partial charge on any atom is 0.416 e. The molecule has 0 spiro atoms. The SMILES string of the molecule is Cc1cccc(C(C)C)c1NC(=O)/C=C/c1cccc(C(F)(F)F)c1. The summed E-state index contributed by atoms with van der Waals surface area (Å²) in [4.78, 5) is 12.2. The molecule has 2 nitrogen and oxygen atoms in total. The first kappa shape index (κ1) is 18.8. The lowest BCUT2D eigenvalue weighted by Crippen LogP contribution is -2.11. The number of rotatable bonds is 4. The monoisotopic (exact) mass is 347 g/mol. The average Bonchev–Trinajstić information content (AvgIpc) is 2.54. The number of alkyl halides is 3. The van der Waals surface area contributed by atoms with Gasteiger partial charge in [-0.15, -0.1) is 0 Å². The molecule has 0 atom stereocenters. The van der Waals surface area contributed by atoms with Crippen LogP contribution in [0.15, 0.2) is 48.5 Å². The minimum atomic E-state index is -4.40. The molecule has 2 aromatic carbocycles. The van der Waals surface area contributed by atoms with E-state index in [-0.39, 0.29) is 11.8 Å². The number of aryl methyl sites for hydroxylation is 1. The van der Waals surface area contributed by atoms with Crippen LogP contribution in [0.4, 0.5) is 18.9 Å². The van der Waals surface area contributed by atoms with Crippen LogP contribution in [0.1, 0.15) is 42.0 Å². The van der Waals surface area contributed by atoms with Crippen LogP contribution < -0.4 is 5.32 Å². The minimum absolute atomic E-state index is 0.239. The van der Waals surface area contributed by atoms with Gasteiger partial charge in [-0.25, -0.2) is 0 Å². The number of carbonyl (C=O) groups excluding carboxylic acids is 1. The summed E-state index contributed by atoms with van der Waals surface area (Å²) in [7, 11) is 0. The Labute approximate surface area is 145 Å². The van der Waals surface area contributed by atoms with Gasteiger partial charge >= 0.3 is 6.18 Å². The second kappa shape index (κ2) is 7.55. The van der Waals surface area contributed by atoms with Gasteiger partial charge in [-0.1, -0.05) is 44.2 Å². The number of nitrogens with one attached hydrogen (secondary N) is 1. The number of amides is 1. The van der Waals surface area contributed by atoms with Gasteiger partial charge in [0.05, 0.1) is 5.56 Å². The molecule has 2 aromatic rings. The first-order chi connectivity index (χ1) is 11.7. The van der Waals surface area contributed by atoms with E-state index in [0.29, 0.717) is 5.56 Å². The van der Waals surface area contributed by atoms with Gasteiger partial charge in [0.15, 0.2) is 0 Å². The van der Waals surface area contributed by atoms with E-state index in [1.807, 2.05) is 39.0 Å². The van der Waals surface area contributed by atoms with E-state index in [1.54, 1.807) is 0 Å². The molecule has 0 aliphatic heterocycles. The van der Waals surface area contributed by atoms with Crippen LogP contribution in [0.25, 0.3) is 6.08 Å². The molecule has 25 heavy (non-hydrogen) atoms. The summed E-state index contributed by atoms with van der Waals surface area (Å²) >= 11 is 0. The molecule has 5 heteroatoms. The van der Waals surface area contributed by atoms with Gasteiger partial charge in [-0.3, -0.25) is 4.79 Å². The Bertz CT molecular complexity index is 792. The summed E-state index contributed by atoms with van der Waals surface area (Å²) in [6.45, 7) is 5.96. The smallest absolute Gasteiger partial charge is 0.322 e. The molecule has 0 aliphatic rings. The third-order valence-electron chi connectivity index (χ3n) is 3.82. The Kier molecular flexibility index (Phi) is 5.67. The van der Waals surface area contributed by atoms with Crippen LogP contribution in [-0.2, 0) is 11.0 Å². The van der Waals surface area contributed by atoms with Gasteiger partial charge < -0.3 is 5.32 Å². The summed E-state index contributed by atoms with van der Waals surface area (Å²) in [6, 6.07) is 10.6. The van der Waals surface area contributed by atoms with Crippen molar-refractivity contribution in [3.05, 3.63) is 70.8 Å². The van der Waals surface area contributed by atoms with E-state index >= 15 is 0 Å². The highest BCUT2D eigenvalue weighted by Crippen LogP contribution is 2.30. The van der Waals surface area contributed by atoms with Crippen molar-refractivity contribution in [2.24, 2.45) is 0 Å². The number of benzene rings is 2. The lowest BCUT2D eigenvalue weighted by molar-refractivity contribution is -0.137. The van der Waals surface area contributed by atoms with Crippen LogP contribution in [0.3, 0.4) is 0 Å². The van der Waals surface area contributed by atoms with Crippen LogP contribution in [0.5, 0.6) is 0 Å².